The molecule has 0 bridgehead atoms. The second kappa shape index (κ2) is 6.37. The quantitative estimate of drug-likeness (QED) is 0.867. The topological polar surface area (TPSA) is 38.3 Å². The highest BCUT2D eigenvalue weighted by Gasteiger charge is 2.11. The first-order chi connectivity index (χ1) is 9.84. The van der Waals surface area contributed by atoms with Gasteiger partial charge in [-0.3, -0.25) is 4.90 Å². The Labute approximate surface area is 123 Å². The summed E-state index contributed by atoms with van der Waals surface area (Å²) in [4.78, 5) is 2.44. The van der Waals surface area contributed by atoms with E-state index in [-0.39, 0.29) is 0 Å². The lowest BCUT2D eigenvalue weighted by molar-refractivity contribution is 0.181. The van der Waals surface area contributed by atoms with E-state index in [2.05, 4.69) is 15.1 Å². The molecule has 2 aromatic rings. The van der Waals surface area contributed by atoms with Crippen molar-refractivity contribution in [3.8, 4) is 5.88 Å². The summed E-state index contributed by atoms with van der Waals surface area (Å²) in [6.45, 7) is 3.94. The van der Waals surface area contributed by atoms with Gasteiger partial charge in [0.1, 0.15) is 6.61 Å². The molecule has 0 N–H and O–H groups in total. The van der Waals surface area contributed by atoms with E-state index in [1.54, 1.807) is 0 Å². The average Bonchev–Trinajstić information content (AvgIpc) is 2.51. The van der Waals surface area contributed by atoms with Crippen LogP contribution >= 0.6 is 11.6 Å². The predicted octanol–water partition coefficient (Wildman–Crippen LogP) is 3.15. The van der Waals surface area contributed by atoms with Crippen LogP contribution in [-0.4, -0.2) is 41.3 Å². The van der Waals surface area contributed by atoms with E-state index in [1.807, 2.05) is 24.3 Å². The number of piperidine rings is 1. The summed E-state index contributed by atoms with van der Waals surface area (Å²) in [6, 6.07) is 7.79. The first-order valence-electron chi connectivity index (χ1n) is 7.11. The van der Waals surface area contributed by atoms with Crippen LogP contribution in [0.5, 0.6) is 5.88 Å². The molecule has 0 spiro atoms. The molecule has 0 atom stereocenters. The molecule has 5 heteroatoms. The lowest BCUT2D eigenvalue weighted by Crippen LogP contribution is -2.33. The van der Waals surface area contributed by atoms with Gasteiger partial charge in [-0.15, -0.1) is 10.2 Å². The third-order valence-corrected chi connectivity index (χ3v) is 3.98. The highest BCUT2D eigenvalue weighted by Crippen LogP contribution is 2.26. The molecule has 4 nitrogen and oxygen atoms in total. The Morgan fingerprint density at radius 3 is 2.60 bits per heavy atom. The van der Waals surface area contributed by atoms with Gasteiger partial charge in [0.25, 0.3) is 0 Å². The van der Waals surface area contributed by atoms with Crippen LogP contribution in [0.15, 0.2) is 24.3 Å². The first-order valence-corrected chi connectivity index (χ1v) is 7.48. The Morgan fingerprint density at radius 1 is 1.05 bits per heavy atom. The minimum absolute atomic E-state index is 0.420. The summed E-state index contributed by atoms with van der Waals surface area (Å²) in [5, 5.41) is 10.2. The van der Waals surface area contributed by atoms with Gasteiger partial charge in [0.15, 0.2) is 5.15 Å². The third kappa shape index (κ3) is 3.02. The number of hydrogen-bond acceptors (Lipinski definition) is 4. The average molecular weight is 292 g/mol. The summed E-state index contributed by atoms with van der Waals surface area (Å²) in [6.07, 6.45) is 3.94. The number of benzene rings is 1. The van der Waals surface area contributed by atoms with Crippen molar-refractivity contribution < 1.29 is 4.74 Å². The van der Waals surface area contributed by atoms with Crippen molar-refractivity contribution in [2.75, 3.05) is 26.2 Å². The number of nitrogens with zero attached hydrogens (tertiary/aromatic N) is 3. The molecule has 1 aliphatic heterocycles. The Hall–Kier alpha value is -1.39. The Bertz CT molecular complexity index is 584. The minimum atomic E-state index is 0.420. The summed E-state index contributed by atoms with van der Waals surface area (Å²) in [7, 11) is 0. The standard InChI is InChI=1S/C15H18ClN3O/c16-14-12-6-2-3-7-13(12)15(18-17-14)20-11-10-19-8-4-1-5-9-19/h2-3,6-7H,1,4-5,8-11H2. The molecule has 1 saturated heterocycles. The summed E-state index contributed by atoms with van der Waals surface area (Å²) in [5.41, 5.74) is 0. The van der Waals surface area contributed by atoms with E-state index < -0.39 is 0 Å². The van der Waals surface area contributed by atoms with E-state index in [9.17, 15) is 0 Å². The summed E-state index contributed by atoms with van der Waals surface area (Å²) in [5.74, 6) is 0.571. The fourth-order valence-electron chi connectivity index (χ4n) is 2.61. The third-order valence-electron chi connectivity index (χ3n) is 3.70. The molecule has 106 valence electrons. The molecule has 2 heterocycles. The van der Waals surface area contributed by atoms with E-state index in [0.29, 0.717) is 17.6 Å². The molecule has 0 aliphatic carbocycles. The Kier molecular flexibility index (Phi) is 4.33. The fourth-order valence-corrected chi connectivity index (χ4v) is 2.81. The first kappa shape index (κ1) is 13.6. The molecule has 0 unspecified atom stereocenters. The van der Waals surface area contributed by atoms with Crippen molar-refractivity contribution in [1.82, 2.24) is 15.1 Å². The van der Waals surface area contributed by atoms with Crippen molar-refractivity contribution >= 4 is 22.4 Å². The van der Waals surface area contributed by atoms with Crippen LogP contribution in [0.25, 0.3) is 10.8 Å². The number of aromatic nitrogens is 2. The van der Waals surface area contributed by atoms with Crippen LogP contribution in [0.4, 0.5) is 0 Å². The zero-order valence-electron chi connectivity index (χ0n) is 11.4. The lowest BCUT2D eigenvalue weighted by atomic mass is 10.1. The number of ether oxygens (including phenoxy) is 1. The van der Waals surface area contributed by atoms with Gasteiger partial charge < -0.3 is 4.74 Å². The van der Waals surface area contributed by atoms with Gasteiger partial charge in [-0.25, -0.2) is 0 Å². The maximum atomic E-state index is 6.05. The van der Waals surface area contributed by atoms with Crippen LogP contribution in [0.1, 0.15) is 19.3 Å². The van der Waals surface area contributed by atoms with Gasteiger partial charge in [-0.2, -0.15) is 0 Å². The molecule has 0 amide bonds. The zero-order valence-corrected chi connectivity index (χ0v) is 12.1. The second-order valence-corrected chi connectivity index (χ2v) is 5.45. The van der Waals surface area contributed by atoms with Crippen molar-refractivity contribution in [1.29, 1.82) is 0 Å². The monoisotopic (exact) mass is 291 g/mol. The molecule has 0 saturated carbocycles. The van der Waals surface area contributed by atoms with E-state index >= 15 is 0 Å². The van der Waals surface area contributed by atoms with E-state index in [0.717, 1.165) is 17.3 Å². The SMILES string of the molecule is Clc1nnc(OCCN2CCCCC2)c2ccccc12. The molecule has 1 aromatic heterocycles. The van der Waals surface area contributed by atoms with Crippen molar-refractivity contribution in [2.24, 2.45) is 0 Å². The van der Waals surface area contributed by atoms with Crippen molar-refractivity contribution in [3.05, 3.63) is 29.4 Å². The maximum Gasteiger partial charge on any atom is 0.241 e. The van der Waals surface area contributed by atoms with Crippen molar-refractivity contribution in [2.45, 2.75) is 19.3 Å². The molecule has 3 rings (SSSR count). The van der Waals surface area contributed by atoms with Crippen LogP contribution in [-0.2, 0) is 0 Å². The molecular formula is C15H18ClN3O. The largest absolute Gasteiger partial charge is 0.475 e. The van der Waals surface area contributed by atoms with Gasteiger partial charge >= 0.3 is 0 Å². The Morgan fingerprint density at radius 2 is 1.80 bits per heavy atom. The van der Waals surface area contributed by atoms with Gasteiger partial charge in [0.05, 0.1) is 0 Å². The number of fused-ring (bicyclic) bond motifs is 1. The molecule has 0 radical (unpaired) electrons. The molecule has 1 fully saturated rings. The van der Waals surface area contributed by atoms with Gasteiger partial charge in [0.2, 0.25) is 5.88 Å². The number of rotatable bonds is 4. The molecule has 1 aliphatic rings. The zero-order chi connectivity index (χ0) is 13.8. The van der Waals surface area contributed by atoms with E-state index in [1.165, 1.54) is 32.4 Å². The van der Waals surface area contributed by atoms with Crippen LogP contribution in [0.2, 0.25) is 5.15 Å². The van der Waals surface area contributed by atoms with Crippen LogP contribution in [0, 0.1) is 0 Å². The normalized spacial score (nSPS) is 16.4. The minimum Gasteiger partial charge on any atom is -0.475 e. The van der Waals surface area contributed by atoms with Gasteiger partial charge in [0, 0.05) is 17.3 Å². The Balaban J connectivity index is 1.67. The highest BCUT2D eigenvalue weighted by molar-refractivity contribution is 6.34. The molecule has 1 aromatic carbocycles. The van der Waals surface area contributed by atoms with Gasteiger partial charge in [-0.1, -0.05) is 36.2 Å². The van der Waals surface area contributed by atoms with Crippen LogP contribution in [0.3, 0.4) is 0 Å². The maximum absolute atomic E-state index is 6.05. The molecule has 20 heavy (non-hydrogen) atoms. The lowest BCUT2D eigenvalue weighted by Gasteiger charge is -2.26. The van der Waals surface area contributed by atoms with Crippen LogP contribution < -0.4 is 4.74 Å². The highest BCUT2D eigenvalue weighted by atomic mass is 35.5. The van der Waals surface area contributed by atoms with Crippen molar-refractivity contribution in [3.63, 3.8) is 0 Å². The fraction of sp³-hybridized carbons (Fsp3) is 0.467. The second-order valence-electron chi connectivity index (χ2n) is 5.09. The van der Waals surface area contributed by atoms with E-state index in [4.69, 9.17) is 16.3 Å². The number of halogens is 1. The number of hydrogen-bond donors (Lipinski definition) is 0. The summed E-state index contributed by atoms with van der Waals surface area (Å²) >= 11 is 6.05. The molecular weight excluding hydrogens is 274 g/mol. The summed E-state index contributed by atoms with van der Waals surface area (Å²) < 4.78 is 5.80. The van der Waals surface area contributed by atoms with Gasteiger partial charge in [-0.05, 0) is 32.0 Å². The number of likely N-dealkylation sites (tertiary alicyclic amines) is 1. The smallest absolute Gasteiger partial charge is 0.241 e. The predicted molar refractivity (Wildman–Crippen MR) is 80.3 cm³/mol.